The molecule has 0 bridgehead atoms. The second-order valence-electron chi connectivity index (χ2n) is 9.40. The highest BCUT2D eigenvalue weighted by molar-refractivity contribution is 5.97. The summed E-state index contributed by atoms with van der Waals surface area (Å²) in [4.78, 5) is 4.91. The molecule has 0 saturated heterocycles. The van der Waals surface area contributed by atoms with Crippen molar-refractivity contribution in [1.82, 2.24) is 4.98 Å². The van der Waals surface area contributed by atoms with Gasteiger partial charge in [0, 0.05) is 28.6 Å². The van der Waals surface area contributed by atoms with E-state index in [1.165, 1.54) is 19.2 Å². The number of hydrogen-bond donors (Lipinski definition) is 2. The largest absolute Gasteiger partial charge is 0.493 e. The summed E-state index contributed by atoms with van der Waals surface area (Å²) in [6.45, 7) is 8.88. The number of nitrogens with two attached hydrogens (primary N) is 1. The van der Waals surface area contributed by atoms with Crippen molar-refractivity contribution in [3.63, 3.8) is 0 Å². The first-order chi connectivity index (χ1) is 15.9. The average molecular weight is 476 g/mol. The van der Waals surface area contributed by atoms with E-state index in [0.29, 0.717) is 28.9 Å². The van der Waals surface area contributed by atoms with Gasteiger partial charge >= 0.3 is 6.18 Å². The van der Waals surface area contributed by atoms with Gasteiger partial charge in [-0.3, -0.25) is 0 Å². The van der Waals surface area contributed by atoms with Crippen LogP contribution in [0.3, 0.4) is 0 Å². The van der Waals surface area contributed by atoms with Crippen LogP contribution in [0, 0.1) is 0 Å². The van der Waals surface area contributed by atoms with Crippen molar-refractivity contribution in [3.05, 3.63) is 53.7 Å². The molecule has 184 valence electrons. The van der Waals surface area contributed by atoms with Crippen LogP contribution in [0.15, 0.2) is 42.5 Å². The monoisotopic (exact) mass is 475 g/mol. The van der Waals surface area contributed by atoms with Gasteiger partial charge in [0.2, 0.25) is 0 Å². The maximum absolute atomic E-state index is 13.2. The van der Waals surface area contributed by atoms with Crippen molar-refractivity contribution in [2.75, 3.05) is 19.0 Å². The minimum absolute atomic E-state index is 0.0614. The molecule has 0 radical (unpaired) electrons. The molecule has 1 aromatic heterocycles. The van der Waals surface area contributed by atoms with Gasteiger partial charge in [0.25, 0.3) is 0 Å². The highest BCUT2D eigenvalue weighted by Gasteiger charge is 2.31. The summed E-state index contributed by atoms with van der Waals surface area (Å²) in [7, 11) is 1.50. The fraction of sp³-hybridized carbons (Fsp3) is 0.423. The first-order valence-electron chi connectivity index (χ1n) is 11.3. The number of fused-ring (bicyclic) bond motifs is 1. The van der Waals surface area contributed by atoms with Crippen LogP contribution < -0.4 is 20.5 Å². The smallest absolute Gasteiger partial charge is 0.416 e. The summed E-state index contributed by atoms with van der Waals surface area (Å²) in [6, 6.07) is 10.5. The molecule has 34 heavy (non-hydrogen) atoms. The number of benzene rings is 2. The number of rotatable bonds is 8. The Balaban J connectivity index is 2.15. The molecule has 0 aliphatic heterocycles. The van der Waals surface area contributed by atoms with Crippen LogP contribution in [0.2, 0.25) is 0 Å². The lowest BCUT2D eigenvalue weighted by Gasteiger charge is -2.23. The van der Waals surface area contributed by atoms with Crippen LogP contribution in [0.4, 0.5) is 18.9 Å². The second kappa shape index (κ2) is 10.1. The normalized spacial score (nSPS) is 13.1. The van der Waals surface area contributed by atoms with Gasteiger partial charge in [-0.15, -0.1) is 0 Å². The molecule has 0 aliphatic carbocycles. The van der Waals surface area contributed by atoms with Gasteiger partial charge < -0.3 is 20.5 Å². The van der Waals surface area contributed by atoms with Crippen molar-refractivity contribution in [1.29, 1.82) is 0 Å². The Morgan fingerprint density at radius 2 is 1.82 bits per heavy atom. The molecule has 5 nitrogen and oxygen atoms in total. The Labute approximate surface area is 198 Å². The minimum atomic E-state index is -4.47. The van der Waals surface area contributed by atoms with E-state index in [-0.39, 0.29) is 17.2 Å². The number of methoxy groups -OCH3 is 1. The van der Waals surface area contributed by atoms with Gasteiger partial charge in [0.05, 0.1) is 23.9 Å². The molecule has 1 heterocycles. The van der Waals surface area contributed by atoms with E-state index >= 15 is 0 Å². The number of halogens is 3. The standard InChI is InChI=1S/C26H32F3N3O2/c1-16(8-7-13-30)31-20-15-21(33-5)24(19-11-12-22(25(2,3)4)32-23(19)20)34-18-10-6-9-17(14-18)26(27,28)29/h6,9-12,14-16,31H,7-8,13,30H2,1-5H3. The maximum atomic E-state index is 13.2. The fourth-order valence-electron chi connectivity index (χ4n) is 3.65. The molecular formula is C26H32F3N3O2. The molecule has 8 heteroatoms. The van der Waals surface area contributed by atoms with Crippen molar-refractivity contribution in [3.8, 4) is 17.2 Å². The summed E-state index contributed by atoms with van der Waals surface area (Å²) in [5.74, 6) is 0.764. The van der Waals surface area contributed by atoms with E-state index < -0.39 is 11.7 Å². The van der Waals surface area contributed by atoms with Crippen LogP contribution in [-0.2, 0) is 11.6 Å². The van der Waals surface area contributed by atoms with Crippen LogP contribution in [0.25, 0.3) is 10.9 Å². The number of ether oxygens (including phenoxy) is 2. The predicted octanol–water partition coefficient (Wildman–Crippen LogP) is 6.89. The van der Waals surface area contributed by atoms with E-state index in [1.54, 1.807) is 6.07 Å². The molecular weight excluding hydrogens is 443 g/mol. The average Bonchev–Trinajstić information content (AvgIpc) is 2.77. The molecule has 0 spiro atoms. The summed E-state index contributed by atoms with van der Waals surface area (Å²) in [6.07, 6.45) is -2.72. The van der Waals surface area contributed by atoms with E-state index in [2.05, 4.69) is 33.0 Å². The first kappa shape index (κ1) is 25.6. The molecule has 1 unspecified atom stereocenters. The first-order valence-corrected chi connectivity index (χ1v) is 11.3. The van der Waals surface area contributed by atoms with Crippen molar-refractivity contribution in [2.24, 2.45) is 5.73 Å². The Morgan fingerprint density at radius 3 is 2.44 bits per heavy atom. The molecule has 0 fully saturated rings. The summed E-state index contributed by atoms with van der Waals surface area (Å²) in [5.41, 5.74) is 6.98. The highest BCUT2D eigenvalue weighted by Crippen LogP contribution is 2.43. The van der Waals surface area contributed by atoms with Crippen molar-refractivity contribution < 1.29 is 22.6 Å². The van der Waals surface area contributed by atoms with E-state index in [9.17, 15) is 13.2 Å². The Kier molecular flexibility index (Phi) is 7.60. The zero-order valence-electron chi connectivity index (χ0n) is 20.2. The van der Waals surface area contributed by atoms with Gasteiger partial charge in [-0.25, -0.2) is 4.98 Å². The second-order valence-corrected chi connectivity index (χ2v) is 9.40. The predicted molar refractivity (Wildman–Crippen MR) is 130 cm³/mol. The number of aromatic nitrogens is 1. The number of nitrogens with zero attached hydrogens (tertiary/aromatic N) is 1. The quantitative estimate of drug-likeness (QED) is 0.371. The third kappa shape index (κ3) is 5.91. The Bertz CT molecular complexity index is 1140. The molecule has 3 aromatic rings. The molecule has 0 amide bonds. The zero-order chi connectivity index (χ0) is 25.1. The molecule has 1 atom stereocenters. The minimum Gasteiger partial charge on any atom is -0.493 e. The molecule has 0 aliphatic rings. The lowest BCUT2D eigenvalue weighted by molar-refractivity contribution is -0.137. The number of pyridine rings is 1. The van der Waals surface area contributed by atoms with Crippen molar-refractivity contribution >= 4 is 16.6 Å². The molecule has 3 N–H and O–H groups in total. The Hall–Kier alpha value is -3.00. The van der Waals surface area contributed by atoms with Crippen LogP contribution >= 0.6 is 0 Å². The van der Waals surface area contributed by atoms with E-state index in [1.807, 2.05) is 12.1 Å². The SMILES string of the molecule is COc1cc(NC(C)CCCN)c2nc(C(C)(C)C)ccc2c1Oc1cccc(C(F)(F)F)c1. The van der Waals surface area contributed by atoms with Crippen molar-refractivity contribution in [2.45, 2.75) is 58.2 Å². The number of nitrogens with one attached hydrogen (secondary N) is 1. The lowest BCUT2D eigenvalue weighted by atomic mass is 9.91. The van der Waals surface area contributed by atoms with Gasteiger partial charge in [-0.05, 0) is 56.6 Å². The lowest BCUT2D eigenvalue weighted by Crippen LogP contribution is -2.18. The van der Waals surface area contributed by atoms with Crippen LogP contribution in [-0.4, -0.2) is 24.7 Å². The third-order valence-corrected chi connectivity index (χ3v) is 5.51. The summed E-state index contributed by atoms with van der Waals surface area (Å²) in [5, 5.41) is 4.13. The summed E-state index contributed by atoms with van der Waals surface area (Å²) >= 11 is 0. The topological polar surface area (TPSA) is 69.4 Å². The molecule has 3 rings (SSSR count). The Morgan fingerprint density at radius 1 is 1.09 bits per heavy atom. The maximum Gasteiger partial charge on any atom is 0.416 e. The van der Waals surface area contributed by atoms with Crippen LogP contribution in [0.1, 0.15) is 51.8 Å². The fourth-order valence-corrected chi connectivity index (χ4v) is 3.65. The van der Waals surface area contributed by atoms with E-state index in [0.717, 1.165) is 36.4 Å². The van der Waals surface area contributed by atoms with Gasteiger partial charge in [-0.1, -0.05) is 26.8 Å². The van der Waals surface area contributed by atoms with Gasteiger partial charge in [-0.2, -0.15) is 13.2 Å². The molecule has 0 saturated carbocycles. The number of anilines is 1. The summed E-state index contributed by atoms with van der Waals surface area (Å²) < 4.78 is 51.2. The van der Waals surface area contributed by atoms with Gasteiger partial charge in [0.15, 0.2) is 11.5 Å². The number of hydrogen-bond acceptors (Lipinski definition) is 5. The zero-order valence-corrected chi connectivity index (χ0v) is 20.2. The third-order valence-electron chi connectivity index (χ3n) is 5.51. The van der Waals surface area contributed by atoms with Gasteiger partial charge in [0.1, 0.15) is 5.75 Å². The number of alkyl halides is 3. The molecule has 2 aromatic carbocycles. The highest BCUT2D eigenvalue weighted by atomic mass is 19.4. The van der Waals surface area contributed by atoms with E-state index in [4.69, 9.17) is 20.2 Å². The van der Waals surface area contributed by atoms with Crippen LogP contribution in [0.5, 0.6) is 17.2 Å².